The van der Waals surface area contributed by atoms with Crippen molar-refractivity contribution in [2.45, 2.75) is 47.0 Å². The maximum absolute atomic E-state index is 12.8. The molecule has 0 saturated carbocycles. The van der Waals surface area contributed by atoms with E-state index in [1.54, 1.807) is 0 Å². The first-order chi connectivity index (χ1) is 15.8. The molecule has 0 N–H and O–H groups in total. The summed E-state index contributed by atoms with van der Waals surface area (Å²) >= 11 is 5.61. The van der Waals surface area contributed by atoms with Crippen molar-refractivity contribution < 1.29 is 9.53 Å². The maximum Gasteiger partial charge on any atom is 0.311 e. The van der Waals surface area contributed by atoms with Gasteiger partial charge in [0.25, 0.3) is 0 Å². The topological polar surface area (TPSA) is 38.7 Å². The van der Waals surface area contributed by atoms with Gasteiger partial charge in [0.2, 0.25) is 0 Å². The van der Waals surface area contributed by atoms with Crippen LogP contribution in [0.25, 0.3) is 0 Å². The fourth-order valence-electron chi connectivity index (χ4n) is 3.38. The Morgan fingerprint density at radius 3 is 1.97 bits per heavy atom. The van der Waals surface area contributed by atoms with Crippen LogP contribution in [0, 0.1) is 5.41 Å². The summed E-state index contributed by atoms with van der Waals surface area (Å²) in [7, 11) is 0. The SMILES string of the molecule is CCC(=S)c1cccc(N=C(c2ccccc2)c2ccccc2)c1OC(=O)CCC(C)(C)C. The van der Waals surface area contributed by atoms with Gasteiger partial charge in [0.1, 0.15) is 5.69 Å². The summed E-state index contributed by atoms with van der Waals surface area (Å²) in [6.45, 7) is 8.34. The molecule has 0 atom stereocenters. The Hall–Kier alpha value is -3.11. The first-order valence-electron chi connectivity index (χ1n) is 11.3. The Labute approximate surface area is 202 Å². The van der Waals surface area contributed by atoms with Crippen LogP contribution in [0.2, 0.25) is 0 Å². The van der Waals surface area contributed by atoms with Crippen molar-refractivity contribution in [1.29, 1.82) is 0 Å². The van der Waals surface area contributed by atoms with Crippen LogP contribution in [-0.2, 0) is 4.79 Å². The second-order valence-electron chi connectivity index (χ2n) is 9.16. The predicted octanol–water partition coefficient (Wildman–Crippen LogP) is 7.72. The summed E-state index contributed by atoms with van der Waals surface area (Å²) in [4.78, 5) is 18.5. The summed E-state index contributed by atoms with van der Waals surface area (Å²) in [5, 5.41) is 0. The zero-order valence-electron chi connectivity index (χ0n) is 19.8. The fourth-order valence-corrected chi connectivity index (χ4v) is 3.54. The van der Waals surface area contributed by atoms with E-state index in [2.05, 4.69) is 20.8 Å². The Balaban J connectivity index is 2.11. The molecule has 0 fully saturated rings. The third kappa shape index (κ3) is 6.93. The first-order valence-corrected chi connectivity index (χ1v) is 11.8. The zero-order chi connectivity index (χ0) is 23.8. The van der Waals surface area contributed by atoms with Crippen molar-refractivity contribution in [3.63, 3.8) is 0 Å². The molecule has 0 aliphatic rings. The second kappa shape index (κ2) is 11.2. The van der Waals surface area contributed by atoms with Gasteiger partial charge in [0, 0.05) is 28.0 Å². The highest BCUT2D eigenvalue weighted by atomic mass is 32.1. The molecule has 0 saturated heterocycles. The lowest BCUT2D eigenvalue weighted by Crippen LogP contribution is -2.15. The minimum Gasteiger partial charge on any atom is -0.424 e. The van der Waals surface area contributed by atoms with Crippen LogP contribution >= 0.6 is 12.2 Å². The van der Waals surface area contributed by atoms with Crippen LogP contribution in [0.3, 0.4) is 0 Å². The van der Waals surface area contributed by atoms with E-state index in [0.29, 0.717) is 24.3 Å². The molecule has 0 aliphatic heterocycles. The lowest BCUT2D eigenvalue weighted by Gasteiger charge is -2.18. The number of benzene rings is 3. The van der Waals surface area contributed by atoms with E-state index < -0.39 is 0 Å². The highest BCUT2D eigenvalue weighted by molar-refractivity contribution is 7.80. The van der Waals surface area contributed by atoms with Crippen molar-refractivity contribution >= 4 is 34.5 Å². The van der Waals surface area contributed by atoms with Crippen LogP contribution in [0.15, 0.2) is 83.9 Å². The number of nitrogens with zero attached hydrogens (tertiary/aromatic N) is 1. The molecule has 3 nitrogen and oxygen atoms in total. The van der Waals surface area contributed by atoms with Gasteiger partial charge >= 0.3 is 5.97 Å². The van der Waals surface area contributed by atoms with E-state index in [-0.39, 0.29) is 11.4 Å². The smallest absolute Gasteiger partial charge is 0.311 e. The van der Waals surface area contributed by atoms with Crippen molar-refractivity contribution in [3.05, 3.63) is 95.6 Å². The monoisotopic (exact) mass is 457 g/mol. The van der Waals surface area contributed by atoms with Gasteiger partial charge in [0.05, 0.1) is 5.71 Å². The number of thiocarbonyl (C=S) groups is 1. The molecule has 0 bridgehead atoms. The van der Waals surface area contributed by atoms with Gasteiger partial charge in [0.15, 0.2) is 5.75 Å². The molecular weight excluding hydrogens is 426 g/mol. The van der Waals surface area contributed by atoms with Crippen molar-refractivity contribution in [2.75, 3.05) is 0 Å². The van der Waals surface area contributed by atoms with E-state index in [9.17, 15) is 4.79 Å². The average molecular weight is 458 g/mol. The summed E-state index contributed by atoms with van der Waals surface area (Å²) < 4.78 is 5.93. The third-order valence-electron chi connectivity index (χ3n) is 5.24. The van der Waals surface area contributed by atoms with Crippen LogP contribution in [-0.4, -0.2) is 16.5 Å². The standard InChI is InChI=1S/C29H31NO2S/c1-5-25(33)23-17-12-18-24(28(23)32-26(31)19-20-29(2,3)4)30-27(21-13-8-6-9-14-21)22-15-10-7-11-16-22/h6-18H,5,19-20H2,1-4H3. The number of carbonyl (C=O) groups is 1. The lowest BCUT2D eigenvalue weighted by atomic mass is 9.91. The van der Waals surface area contributed by atoms with E-state index >= 15 is 0 Å². The van der Waals surface area contributed by atoms with Crippen LogP contribution in [0.5, 0.6) is 5.75 Å². The quantitative estimate of drug-likeness (QED) is 0.114. The van der Waals surface area contributed by atoms with Crippen LogP contribution < -0.4 is 4.74 Å². The number of para-hydroxylation sites is 1. The molecule has 0 aliphatic carbocycles. The van der Waals surface area contributed by atoms with Crippen molar-refractivity contribution in [3.8, 4) is 5.75 Å². The Kier molecular flexibility index (Phi) is 8.29. The van der Waals surface area contributed by atoms with Gasteiger partial charge in [-0.15, -0.1) is 0 Å². The molecule has 4 heteroatoms. The highest BCUT2D eigenvalue weighted by Crippen LogP contribution is 2.35. The van der Waals surface area contributed by atoms with Gasteiger partial charge in [-0.3, -0.25) is 4.79 Å². The van der Waals surface area contributed by atoms with Gasteiger partial charge in [-0.05, 0) is 30.4 Å². The number of esters is 1. The Morgan fingerprint density at radius 1 is 0.879 bits per heavy atom. The summed E-state index contributed by atoms with van der Waals surface area (Å²) in [6, 6.07) is 25.7. The molecule has 3 aromatic rings. The third-order valence-corrected chi connectivity index (χ3v) is 5.75. The number of rotatable bonds is 8. The van der Waals surface area contributed by atoms with E-state index in [4.69, 9.17) is 21.9 Å². The Morgan fingerprint density at radius 2 is 1.45 bits per heavy atom. The maximum atomic E-state index is 12.8. The van der Waals surface area contributed by atoms with E-state index in [0.717, 1.165) is 33.7 Å². The van der Waals surface area contributed by atoms with E-state index in [1.165, 1.54) is 0 Å². The summed E-state index contributed by atoms with van der Waals surface area (Å²) in [5.41, 5.74) is 4.16. The fraction of sp³-hybridized carbons (Fsp3) is 0.276. The van der Waals surface area contributed by atoms with Crippen LogP contribution in [0.4, 0.5) is 5.69 Å². The minimum absolute atomic E-state index is 0.0476. The summed E-state index contributed by atoms with van der Waals surface area (Å²) in [5.74, 6) is 0.168. The molecule has 33 heavy (non-hydrogen) atoms. The minimum atomic E-state index is -0.270. The zero-order valence-corrected chi connectivity index (χ0v) is 20.6. The molecule has 0 spiro atoms. The molecule has 170 valence electrons. The number of hydrogen-bond donors (Lipinski definition) is 0. The largest absolute Gasteiger partial charge is 0.424 e. The predicted molar refractivity (Wildman–Crippen MR) is 141 cm³/mol. The molecule has 0 radical (unpaired) electrons. The molecule has 3 rings (SSSR count). The first kappa shape index (κ1) is 24.5. The molecule has 3 aromatic carbocycles. The molecule has 0 unspecified atom stereocenters. The average Bonchev–Trinajstić information content (AvgIpc) is 2.82. The number of carbonyl (C=O) groups excluding carboxylic acids is 1. The van der Waals surface area contributed by atoms with Crippen molar-refractivity contribution in [2.24, 2.45) is 10.4 Å². The van der Waals surface area contributed by atoms with Gasteiger partial charge in [-0.2, -0.15) is 0 Å². The molecule has 0 amide bonds. The van der Waals surface area contributed by atoms with E-state index in [1.807, 2.05) is 85.8 Å². The van der Waals surface area contributed by atoms with Gasteiger partial charge in [-0.1, -0.05) is 107 Å². The molecule has 0 aromatic heterocycles. The van der Waals surface area contributed by atoms with Crippen LogP contribution in [0.1, 0.15) is 63.6 Å². The number of hydrogen-bond acceptors (Lipinski definition) is 4. The number of ether oxygens (including phenoxy) is 1. The van der Waals surface area contributed by atoms with Crippen molar-refractivity contribution in [1.82, 2.24) is 0 Å². The van der Waals surface area contributed by atoms with Gasteiger partial charge < -0.3 is 4.74 Å². The molecular formula is C29H31NO2S. The second-order valence-corrected chi connectivity index (χ2v) is 9.65. The highest BCUT2D eigenvalue weighted by Gasteiger charge is 2.20. The number of aliphatic imine (C=N–C) groups is 1. The Bertz CT molecular complexity index is 1090. The van der Waals surface area contributed by atoms with Gasteiger partial charge in [-0.25, -0.2) is 4.99 Å². The lowest BCUT2D eigenvalue weighted by molar-refractivity contribution is -0.134. The molecule has 0 heterocycles. The normalized spacial score (nSPS) is 11.0. The summed E-state index contributed by atoms with van der Waals surface area (Å²) in [6.07, 6.45) is 1.76.